The minimum atomic E-state index is -0.324. The predicted molar refractivity (Wildman–Crippen MR) is 106 cm³/mol. The van der Waals surface area contributed by atoms with Crippen molar-refractivity contribution in [3.8, 4) is 11.3 Å². The topological polar surface area (TPSA) is 70.1 Å². The van der Waals surface area contributed by atoms with Gasteiger partial charge >= 0.3 is 0 Å². The van der Waals surface area contributed by atoms with Crippen LogP contribution in [0, 0.1) is 6.92 Å². The Morgan fingerprint density at radius 3 is 2.81 bits per heavy atom. The number of rotatable bonds is 4. The molecule has 0 aliphatic carbocycles. The summed E-state index contributed by atoms with van der Waals surface area (Å²) in [5.74, 6) is -0.324. The Balaban J connectivity index is 1.50. The van der Waals surface area contributed by atoms with E-state index in [9.17, 15) is 4.79 Å². The first kappa shape index (κ1) is 16.2. The van der Waals surface area contributed by atoms with Gasteiger partial charge in [0.05, 0.1) is 11.9 Å². The summed E-state index contributed by atoms with van der Waals surface area (Å²) in [6.07, 6.45) is 1.65. The standard InChI is InChI=1S/C20H16N4OS/c1-13-8-9-26-19(13)12-21-24-20(25)18-11-17(22-23-18)16-7-6-14-4-2-3-5-15(14)10-16/h2-12H,1H3,(H,22,23)(H,24,25). The van der Waals surface area contributed by atoms with Crippen molar-refractivity contribution in [2.75, 3.05) is 0 Å². The number of carbonyl (C=O) groups excluding carboxylic acids is 1. The number of aromatic nitrogens is 2. The van der Waals surface area contributed by atoms with Gasteiger partial charge in [-0.25, -0.2) is 5.43 Å². The summed E-state index contributed by atoms with van der Waals surface area (Å²) in [6, 6.07) is 18.0. The molecule has 1 amide bonds. The maximum atomic E-state index is 12.2. The molecule has 6 heteroatoms. The van der Waals surface area contributed by atoms with Gasteiger partial charge in [0.2, 0.25) is 0 Å². The Hall–Kier alpha value is -3.25. The lowest BCUT2D eigenvalue weighted by molar-refractivity contribution is 0.0950. The van der Waals surface area contributed by atoms with Gasteiger partial charge in [-0.05, 0) is 46.8 Å². The molecule has 0 aliphatic rings. The lowest BCUT2D eigenvalue weighted by Crippen LogP contribution is -2.17. The number of nitrogens with one attached hydrogen (secondary N) is 2. The molecule has 2 heterocycles. The number of hydrogen-bond donors (Lipinski definition) is 2. The van der Waals surface area contributed by atoms with Gasteiger partial charge in [-0.2, -0.15) is 10.2 Å². The van der Waals surface area contributed by atoms with E-state index in [1.54, 1.807) is 23.6 Å². The molecule has 0 aliphatic heterocycles. The highest BCUT2D eigenvalue weighted by molar-refractivity contribution is 7.11. The molecule has 5 nitrogen and oxygen atoms in total. The number of hydrazone groups is 1. The summed E-state index contributed by atoms with van der Waals surface area (Å²) in [5, 5.41) is 15.3. The average Bonchev–Trinajstić information content (AvgIpc) is 3.31. The smallest absolute Gasteiger partial charge is 0.272 e. The molecule has 0 spiro atoms. The van der Waals surface area contributed by atoms with Crippen molar-refractivity contribution in [3.63, 3.8) is 0 Å². The summed E-state index contributed by atoms with van der Waals surface area (Å²) >= 11 is 1.58. The second kappa shape index (κ2) is 6.93. The maximum Gasteiger partial charge on any atom is 0.289 e. The molecule has 0 fully saturated rings. The molecule has 2 aromatic carbocycles. The van der Waals surface area contributed by atoms with Crippen molar-refractivity contribution >= 4 is 34.2 Å². The van der Waals surface area contributed by atoms with Crippen LogP contribution in [-0.2, 0) is 0 Å². The predicted octanol–water partition coefficient (Wildman–Crippen LogP) is 4.36. The third-order valence-corrected chi connectivity index (χ3v) is 5.07. The fraction of sp³-hybridized carbons (Fsp3) is 0.0500. The van der Waals surface area contributed by atoms with E-state index < -0.39 is 0 Å². The Morgan fingerprint density at radius 1 is 1.15 bits per heavy atom. The van der Waals surface area contributed by atoms with Crippen molar-refractivity contribution in [2.45, 2.75) is 6.92 Å². The highest BCUT2D eigenvalue weighted by Gasteiger charge is 2.11. The van der Waals surface area contributed by atoms with Crippen LogP contribution < -0.4 is 5.43 Å². The van der Waals surface area contributed by atoms with Crippen molar-refractivity contribution in [2.24, 2.45) is 5.10 Å². The highest BCUT2D eigenvalue weighted by Crippen LogP contribution is 2.23. The molecule has 0 atom stereocenters. The SMILES string of the molecule is Cc1ccsc1C=NNC(=O)c1cc(-c2ccc3ccccc3c2)n[nH]1. The third-order valence-electron chi connectivity index (χ3n) is 4.12. The zero-order valence-corrected chi connectivity index (χ0v) is 14.9. The van der Waals surface area contributed by atoms with Crippen molar-refractivity contribution < 1.29 is 4.79 Å². The van der Waals surface area contributed by atoms with E-state index >= 15 is 0 Å². The van der Waals surface area contributed by atoms with Crippen molar-refractivity contribution in [1.29, 1.82) is 0 Å². The molecule has 4 aromatic rings. The number of hydrogen-bond acceptors (Lipinski definition) is 4. The molecular weight excluding hydrogens is 344 g/mol. The number of benzene rings is 2. The van der Waals surface area contributed by atoms with E-state index in [-0.39, 0.29) is 5.91 Å². The highest BCUT2D eigenvalue weighted by atomic mass is 32.1. The fourth-order valence-corrected chi connectivity index (χ4v) is 3.45. The van der Waals surface area contributed by atoms with Crippen LogP contribution in [0.5, 0.6) is 0 Å². The number of carbonyl (C=O) groups is 1. The lowest BCUT2D eigenvalue weighted by atomic mass is 10.1. The van der Waals surface area contributed by atoms with Crippen LogP contribution in [0.15, 0.2) is 65.1 Å². The van der Waals surface area contributed by atoms with Crippen LogP contribution in [-0.4, -0.2) is 22.3 Å². The summed E-state index contributed by atoms with van der Waals surface area (Å²) in [4.78, 5) is 13.2. The Labute approximate surface area is 154 Å². The number of fused-ring (bicyclic) bond motifs is 1. The first-order valence-corrected chi connectivity index (χ1v) is 9.01. The molecule has 4 rings (SSSR count). The second-order valence-electron chi connectivity index (χ2n) is 5.90. The third kappa shape index (κ3) is 3.27. The fourth-order valence-electron chi connectivity index (χ4n) is 2.66. The quantitative estimate of drug-likeness (QED) is 0.419. The van der Waals surface area contributed by atoms with E-state index in [0.717, 1.165) is 27.1 Å². The van der Waals surface area contributed by atoms with E-state index in [1.807, 2.05) is 42.6 Å². The number of H-pyrrole nitrogens is 1. The molecule has 0 radical (unpaired) electrons. The van der Waals surface area contributed by atoms with Crippen molar-refractivity contribution in [1.82, 2.24) is 15.6 Å². The molecule has 2 N–H and O–H groups in total. The van der Waals surface area contributed by atoms with Gasteiger partial charge < -0.3 is 0 Å². The minimum absolute atomic E-state index is 0.324. The summed E-state index contributed by atoms with van der Waals surface area (Å²) in [5.41, 5.74) is 5.70. The minimum Gasteiger partial charge on any atom is -0.272 e. The maximum absolute atomic E-state index is 12.2. The van der Waals surface area contributed by atoms with Gasteiger partial charge in [-0.1, -0.05) is 36.4 Å². The summed E-state index contributed by atoms with van der Waals surface area (Å²) in [7, 11) is 0. The molecule has 0 saturated heterocycles. The Morgan fingerprint density at radius 2 is 2.00 bits per heavy atom. The molecule has 0 unspecified atom stereocenters. The van der Waals surface area contributed by atoms with E-state index in [1.165, 1.54) is 5.39 Å². The normalized spacial score (nSPS) is 11.3. The van der Waals surface area contributed by atoms with Crippen LogP contribution in [0.4, 0.5) is 0 Å². The Kier molecular flexibility index (Phi) is 4.33. The molecule has 2 aromatic heterocycles. The molecule has 128 valence electrons. The van der Waals surface area contributed by atoms with Crippen molar-refractivity contribution in [3.05, 3.63) is 76.1 Å². The zero-order valence-electron chi connectivity index (χ0n) is 14.1. The first-order chi connectivity index (χ1) is 12.7. The molecular formula is C20H16N4OS. The second-order valence-corrected chi connectivity index (χ2v) is 6.84. The van der Waals surface area contributed by atoms with Gasteiger partial charge in [-0.15, -0.1) is 11.3 Å². The number of aromatic amines is 1. The monoisotopic (exact) mass is 360 g/mol. The van der Waals surface area contributed by atoms with Gasteiger partial charge in [0, 0.05) is 10.4 Å². The lowest BCUT2D eigenvalue weighted by Gasteiger charge is -2.00. The van der Waals surface area contributed by atoms with Gasteiger partial charge in [0.1, 0.15) is 5.69 Å². The number of aryl methyl sites for hydroxylation is 1. The van der Waals surface area contributed by atoms with Gasteiger partial charge in [-0.3, -0.25) is 9.89 Å². The van der Waals surface area contributed by atoms with Crippen LogP contribution in [0.1, 0.15) is 20.9 Å². The molecule has 26 heavy (non-hydrogen) atoms. The first-order valence-electron chi connectivity index (χ1n) is 8.13. The summed E-state index contributed by atoms with van der Waals surface area (Å²) < 4.78 is 0. The largest absolute Gasteiger partial charge is 0.289 e. The summed E-state index contributed by atoms with van der Waals surface area (Å²) in [6.45, 7) is 2.00. The molecule has 0 saturated carbocycles. The number of thiophene rings is 1. The molecule has 0 bridgehead atoms. The number of nitrogens with zero attached hydrogens (tertiary/aromatic N) is 2. The van der Waals surface area contributed by atoms with Crippen LogP contribution in [0.2, 0.25) is 0 Å². The van der Waals surface area contributed by atoms with E-state index in [2.05, 4.69) is 38.9 Å². The number of amides is 1. The zero-order chi connectivity index (χ0) is 17.9. The van der Waals surface area contributed by atoms with Crippen LogP contribution >= 0.6 is 11.3 Å². The van der Waals surface area contributed by atoms with Crippen LogP contribution in [0.25, 0.3) is 22.0 Å². The average molecular weight is 360 g/mol. The van der Waals surface area contributed by atoms with Gasteiger partial charge in [0.15, 0.2) is 0 Å². The van der Waals surface area contributed by atoms with Crippen LogP contribution in [0.3, 0.4) is 0 Å². The van der Waals surface area contributed by atoms with E-state index in [4.69, 9.17) is 0 Å². The van der Waals surface area contributed by atoms with E-state index in [0.29, 0.717) is 5.69 Å². The van der Waals surface area contributed by atoms with Gasteiger partial charge in [0.25, 0.3) is 5.91 Å². The Bertz CT molecular complexity index is 1110.